The Balaban J connectivity index is 1.33. The third-order valence-corrected chi connectivity index (χ3v) is 7.64. The fourth-order valence-corrected chi connectivity index (χ4v) is 5.72. The normalized spacial score (nSPS) is 20.4. The van der Waals surface area contributed by atoms with E-state index in [4.69, 9.17) is 4.74 Å². The summed E-state index contributed by atoms with van der Waals surface area (Å²) in [5.74, 6) is 1.000. The summed E-state index contributed by atoms with van der Waals surface area (Å²) in [6, 6.07) is 21.3. The van der Waals surface area contributed by atoms with Gasteiger partial charge in [0.05, 0.1) is 5.92 Å². The van der Waals surface area contributed by atoms with Crippen LogP contribution in [-0.2, 0) is 11.4 Å². The molecule has 1 fully saturated rings. The first kappa shape index (κ1) is 22.1. The Morgan fingerprint density at radius 1 is 1.00 bits per heavy atom. The third kappa shape index (κ3) is 4.39. The number of nitrogens with zero attached hydrogens (tertiary/aromatic N) is 1. The summed E-state index contributed by atoms with van der Waals surface area (Å²) in [4.78, 5) is 15.4. The highest BCUT2D eigenvalue weighted by molar-refractivity contribution is 6.03. The molecule has 6 rings (SSSR count). The minimum absolute atomic E-state index is 0.0515. The summed E-state index contributed by atoms with van der Waals surface area (Å²) in [6.45, 7) is 5.98. The minimum Gasteiger partial charge on any atom is -0.488 e. The Labute approximate surface area is 207 Å². The highest BCUT2D eigenvalue weighted by Gasteiger charge is 2.31. The topological polar surface area (TPSA) is 41.6 Å². The number of amides is 1. The van der Waals surface area contributed by atoms with E-state index in [0.717, 1.165) is 46.7 Å². The zero-order valence-corrected chi connectivity index (χ0v) is 20.3. The first-order chi connectivity index (χ1) is 17.2. The molecule has 1 amide bonds. The summed E-state index contributed by atoms with van der Waals surface area (Å²) in [5.41, 5.74) is 8.98. The van der Waals surface area contributed by atoms with E-state index in [1.165, 1.54) is 49.0 Å². The van der Waals surface area contributed by atoms with Gasteiger partial charge in [-0.15, -0.1) is 0 Å². The Hall–Kier alpha value is -3.37. The number of hydrogen-bond acceptors (Lipinski definition) is 3. The smallest absolute Gasteiger partial charge is 0.232 e. The molecule has 0 saturated carbocycles. The molecule has 3 aliphatic rings. The van der Waals surface area contributed by atoms with E-state index < -0.39 is 0 Å². The average molecular weight is 465 g/mol. The van der Waals surface area contributed by atoms with Crippen LogP contribution in [0.4, 0.5) is 5.69 Å². The van der Waals surface area contributed by atoms with Crippen molar-refractivity contribution < 1.29 is 9.53 Å². The minimum atomic E-state index is -0.0515. The zero-order chi connectivity index (χ0) is 23.8. The van der Waals surface area contributed by atoms with Gasteiger partial charge in [0.15, 0.2) is 0 Å². The highest BCUT2D eigenvalue weighted by atomic mass is 16.5. The Kier molecular flexibility index (Phi) is 5.91. The van der Waals surface area contributed by atoms with Gasteiger partial charge in [-0.2, -0.15) is 0 Å². The highest BCUT2D eigenvalue weighted by Crippen LogP contribution is 2.40. The maximum Gasteiger partial charge on any atom is 0.232 e. The van der Waals surface area contributed by atoms with Crippen LogP contribution in [0.1, 0.15) is 65.0 Å². The van der Waals surface area contributed by atoms with E-state index in [-0.39, 0.29) is 11.8 Å². The van der Waals surface area contributed by atoms with Gasteiger partial charge in [0.25, 0.3) is 0 Å². The molecule has 0 bridgehead atoms. The van der Waals surface area contributed by atoms with Crippen LogP contribution < -0.4 is 10.1 Å². The molecule has 35 heavy (non-hydrogen) atoms. The first-order valence-electron chi connectivity index (χ1n) is 12.9. The maximum atomic E-state index is 12.8. The van der Waals surface area contributed by atoms with Crippen molar-refractivity contribution >= 4 is 23.2 Å². The lowest BCUT2D eigenvalue weighted by Gasteiger charge is -2.27. The number of carbonyl (C=O) groups excluding carboxylic acids is 1. The van der Waals surface area contributed by atoms with Gasteiger partial charge in [-0.25, -0.2) is 0 Å². The van der Waals surface area contributed by atoms with Crippen LogP contribution in [0.15, 0.2) is 60.7 Å². The molecule has 0 spiro atoms. The van der Waals surface area contributed by atoms with E-state index in [0.29, 0.717) is 6.61 Å². The Morgan fingerprint density at radius 2 is 1.86 bits per heavy atom. The number of hydrogen-bond donors (Lipinski definition) is 1. The van der Waals surface area contributed by atoms with Crippen molar-refractivity contribution in [3.05, 3.63) is 94.0 Å². The number of piperidine rings is 1. The number of likely N-dealkylation sites (tertiary alicyclic amines) is 1. The van der Waals surface area contributed by atoms with Crippen LogP contribution in [-0.4, -0.2) is 30.4 Å². The second-order valence-electron chi connectivity index (χ2n) is 10.1. The van der Waals surface area contributed by atoms with Crippen molar-refractivity contribution in [2.45, 2.75) is 45.1 Å². The van der Waals surface area contributed by atoms with Crippen molar-refractivity contribution in [3.8, 4) is 5.75 Å². The Bertz CT molecular complexity index is 1300. The fourth-order valence-electron chi connectivity index (χ4n) is 5.72. The predicted octanol–water partition coefficient (Wildman–Crippen LogP) is 6.39. The molecule has 1 unspecified atom stereocenters. The van der Waals surface area contributed by atoms with Crippen LogP contribution in [0.3, 0.4) is 0 Å². The molecule has 4 nitrogen and oxygen atoms in total. The van der Waals surface area contributed by atoms with Crippen LogP contribution in [0.2, 0.25) is 0 Å². The SMILES string of the molecule is Cc1ccc2c(c1)OCc1ccccc1C2=Cc1ccc2c(c1)NC(=O)C2CCN1CCCCC1. The number of ether oxygens (including phenoxy) is 1. The van der Waals surface area contributed by atoms with Crippen molar-refractivity contribution in [2.75, 3.05) is 25.0 Å². The molecule has 1 atom stereocenters. The molecule has 3 aromatic rings. The van der Waals surface area contributed by atoms with Gasteiger partial charge in [0, 0.05) is 11.3 Å². The maximum absolute atomic E-state index is 12.8. The van der Waals surface area contributed by atoms with Gasteiger partial charge in [0.2, 0.25) is 5.91 Å². The summed E-state index contributed by atoms with van der Waals surface area (Å²) >= 11 is 0. The van der Waals surface area contributed by atoms with E-state index in [1.807, 2.05) is 0 Å². The van der Waals surface area contributed by atoms with Crippen LogP contribution in [0.5, 0.6) is 5.75 Å². The van der Waals surface area contributed by atoms with Crippen LogP contribution >= 0.6 is 0 Å². The lowest BCUT2D eigenvalue weighted by atomic mass is 9.91. The van der Waals surface area contributed by atoms with Crippen molar-refractivity contribution in [1.29, 1.82) is 0 Å². The van der Waals surface area contributed by atoms with E-state index in [2.05, 4.69) is 83.9 Å². The Morgan fingerprint density at radius 3 is 2.74 bits per heavy atom. The fraction of sp³-hybridized carbons (Fsp3) is 0.323. The number of aryl methyl sites for hydroxylation is 1. The van der Waals surface area contributed by atoms with Gasteiger partial charge < -0.3 is 15.0 Å². The van der Waals surface area contributed by atoms with Crippen molar-refractivity contribution in [3.63, 3.8) is 0 Å². The molecule has 0 aromatic heterocycles. The lowest BCUT2D eigenvalue weighted by Crippen LogP contribution is -2.32. The summed E-state index contributed by atoms with van der Waals surface area (Å²) in [5, 5.41) is 3.16. The number of benzene rings is 3. The molecule has 3 aromatic carbocycles. The number of rotatable bonds is 4. The monoisotopic (exact) mass is 464 g/mol. The standard InChI is InChI=1S/C31H32N2O2/c1-21-9-11-26-28(24-8-4-3-7-23(24)20-35-30(26)17-21)18-22-10-12-25-27(31(34)32-29(25)19-22)13-16-33-14-5-2-6-15-33/h3-4,7-12,17-19,27H,2,5-6,13-16,20H2,1H3,(H,32,34). The molecule has 1 N–H and O–H groups in total. The lowest BCUT2D eigenvalue weighted by molar-refractivity contribution is -0.117. The van der Waals surface area contributed by atoms with Crippen molar-refractivity contribution in [1.82, 2.24) is 4.90 Å². The van der Waals surface area contributed by atoms with Crippen LogP contribution in [0, 0.1) is 6.92 Å². The second-order valence-corrected chi connectivity index (χ2v) is 10.1. The molecule has 1 saturated heterocycles. The summed E-state index contributed by atoms with van der Waals surface area (Å²) in [6.07, 6.45) is 7.01. The number of anilines is 1. The molecule has 3 aliphatic heterocycles. The van der Waals surface area contributed by atoms with Gasteiger partial charge in [-0.1, -0.05) is 55.0 Å². The summed E-state index contributed by atoms with van der Waals surface area (Å²) < 4.78 is 6.20. The first-order valence-corrected chi connectivity index (χ1v) is 12.9. The molecule has 4 heteroatoms. The van der Waals surface area contributed by atoms with E-state index in [1.54, 1.807) is 0 Å². The second kappa shape index (κ2) is 9.35. The molecule has 0 radical (unpaired) electrons. The predicted molar refractivity (Wildman–Crippen MR) is 142 cm³/mol. The van der Waals surface area contributed by atoms with E-state index in [9.17, 15) is 4.79 Å². The van der Waals surface area contributed by atoms with Crippen LogP contribution in [0.25, 0.3) is 11.6 Å². The van der Waals surface area contributed by atoms with Gasteiger partial charge in [-0.05, 0) is 97.4 Å². The number of fused-ring (bicyclic) bond motifs is 3. The molecular formula is C31H32N2O2. The van der Waals surface area contributed by atoms with E-state index >= 15 is 0 Å². The van der Waals surface area contributed by atoms with Crippen molar-refractivity contribution in [2.24, 2.45) is 0 Å². The molecule has 178 valence electrons. The average Bonchev–Trinajstić information content (AvgIpc) is 3.11. The quantitative estimate of drug-likeness (QED) is 0.487. The largest absolute Gasteiger partial charge is 0.488 e. The number of carbonyl (C=O) groups is 1. The molecule has 0 aliphatic carbocycles. The van der Waals surface area contributed by atoms with Gasteiger partial charge >= 0.3 is 0 Å². The molecule has 3 heterocycles. The van der Waals surface area contributed by atoms with Gasteiger partial charge in [0.1, 0.15) is 12.4 Å². The number of nitrogens with one attached hydrogen (secondary N) is 1. The third-order valence-electron chi connectivity index (χ3n) is 7.64. The molecular weight excluding hydrogens is 432 g/mol. The summed E-state index contributed by atoms with van der Waals surface area (Å²) in [7, 11) is 0. The zero-order valence-electron chi connectivity index (χ0n) is 20.3. The van der Waals surface area contributed by atoms with Gasteiger partial charge in [-0.3, -0.25) is 4.79 Å².